The molecule has 0 radical (unpaired) electrons. The summed E-state index contributed by atoms with van der Waals surface area (Å²) >= 11 is 8.80. The molecule has 5 nitrogen and oxygen atoms in total. The fourth-order valence-corrected chi connectivity index (χ4v) is 5.05. The molecule has 3 aromatic rings. The molecule has 1 saturated heterocycles. The number of nitrogens with zero attached hydrogens (tertiary/aromatic N) is 3. The minimum absolute atomic E-state index is 0.0945. The Labute approximate surface area is 170 Å². The van der Waals surface area contributed by atoms with Crippen molar-refractivity contribution in [1.82, 2.24) is 14.5 Å². The fourth-order valence-electron chi connectivity index (χ4n) is 3.19. The average Bonchev–Trinajstić information content (AvgIpc) is 3.16. The van der Waals surface area contributed by atoms with E-state index in [2.05, 4.69) is 4.98 Å². The Morgan fingerprint density at radius 3 is 2.81 bits per heavy atom. The molecule has 1 aromatic carbocycles. The van der Waals surface area contributed by atoms with Crippen LogP contribution in [-0.4, -0.2) is 39.2 Å². The van der Waals surface area contributed by atoms with Gasteiger partial charge in [0.05, 0.1) is 17.0 Å². The van der Waals surface area contributed by atoms with Crippen molar-refractivity contribution in [3.05, 3.63) is 51.1 Å². The molecule has 1 aliphatic heterocycles. The molecular formula is C19H18ClN3O2S2. The first-order chi connectivity index (χ1) is 13.1. The molecule has 3 heterocycles. The second kappa shape index (κ2) is 8.04. The Morgan fingerprint density at radius 2 is 2.04 bits per heavy atom. The molecule has 8 heteroatoms. The summed E-state index contributed by atoms with van der Waals surface area (Å²) in [6.45, 7) is 1.63. The van der Waals surface area contributed by atoms with Crippen LogP contribution in [0.15, 0.2) is 45.7 Å². The lowest BCUT2D eigenvalue weighted by Crippen LogP contribution is -2.36. The Bertz CT molecular complexity index is 1040. The zero-order valence-corrected chi connectivity index (χ0v) is 16.9. The zero-order chi connectivity index (χ0) is 18.8. The van der Waals surface area contributed by atoms with Crippen molar-refractivity contribution in [3.63, 3.8) is 0 Å². The molecule has 0 spiro atoms. The van der Waals surface area contributed by atoms with Gasteiger partial charge in [0.15, 0.2) is 5.16 Å². The molecular weight excluding hydrogens is 402 g/mol. The first-order valence-corrected chi connectivity index (χ1v) is 11.0. The largest absolute Gasteiger partial charge is 0.342 e. The molecule has 27 heavy (non-hydrogen) atoms. The maximum atomic E-state index is 13.1. The predicted molar refractivity (Wildman–Crippen MR) is 111 cm³/mol. The number of thioether (sulfide) groups is 1. The number of halogens is 1. The van der Waals surface area contributed by atoms with E-state index in [1.807, 2.05) is 22.4 Å². The molecule has 0 unspecified atom stereocenters. The number of thiophene rings is 1. The lowest BCUT2D eigenvalue weighted by molar-refractivity contribution is -0.129. The minimum atomic E-state index is -0.134. The lowest BCUT2D eigenvalue weighted by atomic mass is 10.1. The molecule has 0 atom stereocenters. The second-order valence-electron chi connectivity index (χ2n) is 6.38. The SMILES string of the molecule is O=C(CSc1nc2ccsc2c(=O)n1-c1cccc(Cl)c1)N1CCCCC1. The van der Waals surface area contributed by atoms with Crippen molar-refractivity contribution < 1.29 is 4.79 Å². The van der Waals surface area contributed by atoms with Gasteiger partial charge in [-0.1, -0.05) is 29.4 Å². The molecule has 2 aromatic heterocycles. The molecule has 140 valence electrons. The summed E-state index contributed by atoms with van der Waals surface area (Å²) in [6, 6.07) is 8.96. The predicted octanol–water partition coefficient (Wildman–Crippen LogP) is 4.21. The van der Waals surface area contributed by atoms with Crippen LogP contribution < -0.4 is 5.56 Å². The number of carbonyl (C=O) groups excluding carboxylic acids is 1. The van der Waals surface area contributed by atoms with E-state index in [9.17, 15) is 9.59 Å². The number of aromatic nitrogens is 2. The first kappa shape index (κ1) is 18.5. The van der Waals surface area contributed by atoms with Crippen LogP contribution in [0.2, 0.25) is 5.02 Å². The average molecular weight is 420 g/mol. The van der Waals surface area contributed by atoms with Crippen molar-refractivity contribution in [2.75, 3.05) is 18.8 Å². The van der Waals surface area contributed by atoms with E-state index in [4.69, 9.17) is 11.6 Å². The van der Waals surface area contributed by atoms with Gasteiger partial charge in [0.2, 0.25) is 5.91 Å². The first-order valence-electron chi connectivity index (χ1n) is 8.80. The number of hydrogen-bond acceptors (Lipinski definition) is 5. The van der Waals surface area contributed by atoms with Gasteiger partial charge >= 0.3 is 0 Å². The normalized spacial score (nSPS) is 14.6. The van der Waals surface area contributed by atoms with Crippen molar-refractivity contribution in [3.8, 4) is 5.69 Å². The van der Waals surface area contributed by atoms with Gasteiger partial charge in [-0.2, -0.15) is 0 Å². The summed E-state index contributed by atoms with van der Waals surface area (Å²) in [4.78, 5) is 32.1. The molecule has 0 bridgehead atoms. The van der Waals surface area contributed by atoms with E-state index in [0.717, 1.165) is 25.9 Å². The Morgan fingerprint density at radius 1 is 1.22 bits per heavy atom. The topological polar surface area (TPSA) is 55.2 Å². The van der Waals surface area contributed by atoms with E-state index in [1.54, 1.807) is 22.8 Å². The van der Waals surface area contributed by atoms with Crippen LogP contribution in [0, 0.1) is 0 Å². The Kier molecular flexibility index (Phi) is 5.52. The van der Waals surface area contributed by atoms with Crippen molar-refractivity contribution in [2.45, 2.75) is 24.4 Å². The van der Waals surface area contributed by atoms with E-state index < -0.39 is 0 Å². The third-order valence-corrected chi connectivity index (χ3v) is 6.60. The highest BCUT2D eigenvalue weighted by Gasteiger charge is 2.19. The third kappa shape index (κ3) is 3.90. The smallest absolute Gasteiger partial charge is 0.276 e. The number of amides is 1. The summed E-state index contributed by atoms with van der Waals surface area (Å²) < 4.78 is 2.15. The number of fused-ring (bicyclic) bond motifs is 1. The van der Waals surface area contributed by atoms with Gasteiger partial charge in [-0.25, -0.2) is 4.98 Å². The lowest BCUT2D eigenvalue weighted by Gasteiger charge is -2.26. The third-order valence-electron chi connectivity index (χ3n) is 4.55. The van der Waals surface area contributed by atoms with Crippen LogP contribution >= 0.6 is 34.7 Å². The van der Waals surface area contributed by atoms with Gasteiger partial charge in [-0.15, -0.1) is 11.3 Å². The Balaban J connectivity index is 1.69. The van der Waals surface area contributed by atoms with Gasteiger partial charge in [-0.3, -0.25) is 14.2 Å². The molecule has 0 N–H and O–H groups in total. The van der Waals surface area contributed by atoms with E-state index in [0.29, 0.717) is 26.1 Å². The van der Waals surface area contributed by atoms with E-state index in [-0.39, 0.29) is 17.2 Å². The highest BCUT2D eigenvalue weighted by atomic mass is 35.5. The molecule has 1 fully saturated rings. The standard InChI is InChI=1S/C19H18ClN3O2S2/c20-13-5-4-6-14(11-13)23-18(25)17-15(7-10-26-17)21-19(23)27-12-16(24)22-8-2-1-3-9-22/h4-7,10-11H,1-3,8-9,12H2. The van der Waals surface area contributed by atoms with Gasteiger partial charge in [0.25, 0.3) is 5.56 Å². The number of likely N-dealkylation sites (tertiary alicyclic amines) is 1. The van der Waals surface area contributed by atoms with Crippen LogP contribution in [0.1, 0.15) is 19.3 Å². The van der Waals surface area contributed by atoms with Crippen LogP contribution in [0.3, 0.4) is 0 Å². The van der Waals surface area contributed by atoms with Gasteiger partial charge in [0.1, 0.15) is 4.70 Å². The maximum Gasteiger partial charge on any atom is 0.276 e. The maximum absolute atomic E-state index is 13.1. The highest BCUT2D eigenvalue weighted by molar-refractivity contribution is 7.99. The van der Waals surface area contributed by atoms with E-state index in [1.165, 1.54) is 29.5 Å². The van der Waals surface area contributed by atoms with Gasteiger partial charge in [0, 0.05) is 18.1 Å². The van der Waals surface area contributed by atoms with E-state index >= 15 is 0 Å². The minimum Gasteiger partial charge on any atom is -0.342 e. The van der Waals surface area contributed by atoms with Gasteiger partial charge in [-0.05, 0) is 48.9 Å². The van der Waals surface area contributed by atoms with Crippen LogP contribution in [0.4, 0.5) is 0 Å². The van der Waals surface area contributed by atoms with Crippen molar-refractivity contribution in [1.29, 1.82) is 0 Å². The molecule has 0 saturated carbocycles. The number of benzene rings is 1. The molecule has 1 aliphatic rings. The highest BCUT2D eigenvalue weighted by Crippen LogP contribution is 2.25. The van der Waals surface area contributed by atoms with Crippen molar-refractivity contribution in [2.24, 2.45) is 0 Å². The van der Waals surface area contributed by atoms with Crippen LogP contribution in [-0.2, 0) is 4.79 Å². The monoisotopic (exact) mass is 419 g/mol. The van der Waals surface area contributed by atoms with Crippen LogP contribution in [0.25, 0.3) is 15.9 Å². The number of rotatable bonds is 4. The quantitative estimate of drug-likeness (QED) is 0.469. The number of piperidine rings is 1. The zero-order valence-electron chi connectivity index (χ0n) is 14.6. The fraction of sp³-hybridized carbons (Fsp3) is 0.316. The summed E-state index contributed by atoms with van der Waals surface area (Å²) in [5, 5.41) is 2.92. The van der Waals surface area contributed by atoms with Crippen molar-refractivity contribution >= 4 is 50.8 Å². The molecule has 4 rings (SSSR count). The summed E-state index contributed by atoms with van der Waals surface area (Å²) in [7, 11) is 0. The summed E-state index contributed by atoms with van der Waals surface area (Å²) in [5.74, 6) is 0.361. The second-order valence-corrected chi connectivity index (χ2v) is 8.67. The Hall–Kier alpha value is -1.83. The number of hydrogen-bond donors (Lipinski definition) is 0. The number of carbonyl (C=O) groups is 1. The van der Waals surface area contributed by atoms with Gasteiger partial charge < -0.3 is 4.90 Å². The molecule has 0 aliphatic carbocycles. The summed E-state index contributed by atoms with van der Waals surface area (Å²) in [5.41, 5.74) is 1.18. The molecule has 1 amide bonds. The van der Waals surface area contributed by atoms with Crippen LogP contribution in [0.5, 0.6) is 0 Å². The summed E-state index contributed by atoms with van der Waals surface area (Å²) in [6.07, 6.45) is 3.30.